The Bertz CT molecular complexity index is 459. The van der Waals surface area contributed by atoms with Gasteiger partial charge in [-0.2, -0.15) is 0 Å². The van der Waals surface area contributed by atoms with Gasteiger partial charge in [0.1, 0.15) is 0 Å². The minimum Gasteiger partial charge on any atom is -0.321 e. The predicted octanol–water partition coefficient (Wildman–Crippen LogP) is 4.95. The molecule has 0 bridgehead atoms. The quantitative estimate of drug-likeness (QED) is 0.809. The van der Waals surface area contributed by atoms with Gasteiger partial charge in [0, 0.05) is 5.54 Å². The fourth-order valence-corrected chi connectivity index (χ4v) is 4.61. The second kappa shape index (κ2) is 5.52. The SMILES string of the molecule is CCC1CCC(C2(N)CCC(C)c3ccccc32)CC1. The molecule has 1 fully saturated rings. The molecule has 0 saturated heterocycles. The molecule has 110 valence electrons. The monoisotopic (exact) mass is 271 g/mol. The molecule has 0 aromatic heterocycles. The zero-order valence-corrected chi connectivity index (χ0v) is 13.1. The Hall–Kier alpha value is -0.820. The van der Waals surface area contributed by atoms with Gasteiger partial charge in [0.15, 0.2) is 0 Å². The van der Waals surface area contributed by atoms with E-state index in [1.54, 1.807) is 0 Å². The average Bonchev–Trinajstić information content (AvgIpc) is 2.51. The lowest BCUT2D eigenvalue weighted by Gasteiger charge is -2.46. The van der Waals surface area contributed by atoms with Crippen molar-refractivity contribution in [3.8, 4) is 0 Å². The maximum atomic E-state index is 6.99. The summed E-state index contributed by atoms with van der Waals surface area (Å²) in [6.45, 7) is 4.69. The molecule has 20 heavy (non-hydrogen) atoms. The van der Waals surface area contributed by atoms with E-state index in [1.807, 2.05) is 0 Å². The normalized spacial score (nSPS) is 37.5. The summed E-state index contributed by atoms with van der Waals surface area (Å²) in [7, 11) is 0. The van der Waals surface area contributed by atoms with E-state index in [0.717, 1.165) is 5.92 Å². The summed E-state index contributed by atoms with van der Waals surface area (Å²) in [5.74, 6) is 2.32. The Morgan fingerprint density at radius 3 is 2.50 bits per heavy atom. The Labute approximate surface area is 124 Å². The van der Waals surface area contributed by atoms with E-state index in [0.29, 0.717) is 11.8 Å². The van der Waals surface area contributed by atoms with E-state index in [2.05, 4.69) is 38.1 Å². The fraction of sp³-hybridized carbons (Fsp3) is 0.684. The van der Waals surface area contributed by atoms with E-state index in [4.69, 9.17) is 5.73 Å². The van der Waals surface area contributed by atoms with Crippen molar-refractivity contribution in [3.63, 3.8) is 0 Å². The molecule has 0 aliphatic heterocycles. The van der Waals surface area contributed by atoms with Crippen molar-refractivity contribution in [2.75, 3.05) is 0 Å². The molecule has 3 rings (SSSR count). The minimum atomic E-state index is -0.0538. The first-order valence-corrected chi connectivity index (χ1v) is 8.53. The number of rotatable bonds is 2. The lowest BCUT2D eigenvalue weighted by Crippen LogP contribution is -2.48. The van der Waals surface area contributed by atoms with Crippen molar-refractivity contribution < 1.29 is 0 Å². The Balaban J connectivity index is 1.87. The van der Waals surface area contributed by atoms with Crippen molar-refractivity contribution in [3.05, 3.63) is 35.4 Å². The van der Waals surface area contributed by atoms with Gasteiger partial charge in [0.05, 0.1) is 0 Å². The lowest BCUT2D eigenvalue weighted by molar-refractivity contribution is 0.148. The third kappa shape index (κ3) is 2.30. The molecule has 1 aromatic carbocycles. The first kappa shape index (κ1) is 14.1. The molecule has 2 N–H and O–H groups in total. The highest BCUT2D eigenvalue weighted by molar-refractivity contribution is 5.39. The third-order valence-electron chi connectivity index (χ3n) is 6.14. The molecule has 2 aliphatic carbocycles. The van der Waals surface area contributed by atoms with Crippen LogP contribution in [0.4, 0.5) is 0 Å². The van der Waals surface area contributed by atoms with Crippen LogP contribution in [-0.4, -0.2) is 0 Å². The summed E-state index contributed by atoms with van der Waals surface area (Å²) in [6.07, 6.45) is 9.21. The highest BCUT2D eigenvalue weighted by Crippen LogP contribution is 2.48. The van der Waals surface area contributed by atoms with Gasteiger partial charge in [0.25, 0.3) is 0 Å². The second-order valence-electron chi connectivity index (χ2n) is 7.19. The number of hydrogen-bond acceptors (Lipinski definition) is 1. The summed E-state index contributed by atoms with van der Waals surface area (Å²) in [4.78, 5) is 0. The van der Waals surface area contributed by atoms with Gasteiger partial charge in [-0.25, -0.2) is 0 Å². The minimum absolute atomic E-state index is 0.0538. The molecule has 1 heteroatoms. The zero-order chi connectivity index (χ0) is 14.2. The zero-order valence-electron chi connectivity index (χ0n) is 13.1. The van der Waals surface area contributed by atoms with Gasteiger partial charge < -0.3 is 5.73 Å². The van der Waals surface area contributed by atoms with E-state index in [9.17, 15) is 0 Å². The largest absolute Gasteiger partial charge is 0.321 e. The lowest BCUT2D eigenvalue weighted by atomic mass is 9.62. The first-order chi connectivity index (χ1) is 9.65. The van der Waals surface area contributed by atoms with Crippen LogP contribution in [0.5, 0.6) is 0 Å². The molecule has 0 amide bonds. The van der Waals surface area contributed by atoms with Gasteiger partial charge >= 0.3 is 0 Å². The van der Waals surface area contributed by atoms with E-state index < -0.39 is 0 Å². The molecule has 2 aliphatic rings. The maximum absolute atomic E-state index is 6.99. The van der Waals surface area contributed by atoms with Gasteiger partial charge in [0.2, 0.25) is 0 Å². The van der Waals surface area contributed by atoms with Crippen molar-refractivity contribution in [1.29, 1.82) is 0 Å². The van der Waals surface area contributed by atoms with E-state index in [1.165, 1.54) is 56.1 Å². The Kier molecular flexibility index (Phi) is 3.90. The fourth-order valence-electron chi connectivity index (χ4n) is 4.61. The molecule has 1 nitrogen and oxygen atoms in total. The summed E-state index contributed by atoms with van der Waals surface area (Å²) in [5, 5.41) is 0. The molecular formula is C19H29N. The molecule has 0 heterocycles. The summed E-state index contributed by atoms with van der Waals surface area (Å²) in [6, 6.07) is 8.96. The maximum Gasteiger partial charge on any atom is 0.0441 e. The van der Waals surface area contributed by atoms with Crippen molar-refractivity contribution in [2.24, 2.45) is 17.6 Å². The number of nitrogens with two attached hydrogens (primary N) is 1. The molecule has 1 saturated carbocycles. The van der Waals surface area contributed by atoms with Crippen molar-refractivity contribution in [2.45, 2.75) is 70.3 Å². The predicted molar refractivity (Wildman–Crippen MR) is 85.7 cm³/mol. The van der Waals surface area contributed by atoms with Gasteiger partial charge in [-0.1, -0.05) is 57.4 Å². The van der Waals surface area contributed by atoms with Crippen LogP contribution in [0.3, 0.4) is 0 Å². The molecule has 0 spiro atoms. The molecular weight excluding hydrogens is 242 g/mol. The molecule has 2 atom stereocenters. The topological polar surface area (TPSA) is 26.0 Å². The van der Waals surface area contributed by atoms with E-state index >= 15 is 0 Å². The highest BCUT2D eigenvalue weighted by Gasteiger charge is 2.42. The first-order valence-electron chi connectivity index (χ1n) is 8.53. The highest BCUT2D eigenvalue weighted by atomic mass is 14.8. The Morgan fingerprint density at radius 1 is 1.10 bits per heavy atom. The van der Waals surface area contributed by atoms with E-state index in [-0.39, 0.29) is 5.54 Å². The standard InChI is InChI=1S/C19H29N/c1-3-15-8-10-16(11-9-15)19(20)13-12-14(2)17-6-4-5-7-18(17)19/h4-7,14-16H,3,8-13,20H2,1-2H3. The van der Waals surface area contributed by atoms with Crippen LogP contribution in [-0.2, 0) is 5.54 Å². The van der Waals surface area contributed by atoms with Crippen LogP contribution in [0.25, 0.3) is 0 Å². The van der Waals surface area contributed by atoms with Crippen LogP contribution in [0.1, 0.15) is 75.8 Å². The summed E-state index contributed by atoms with van der Waals surface area (Å²) in [5.41, 5.74) is 9.91. The number of benzene rings is 1. The smallest absolute Gasteiger partial charge is 0.0441 e. The molecule has 2 unspecified atom stereocenters. The molecule has 0 radical (unpaired) electrons. The van der Waals surface area contributed by atoms with Crippen LogP contribution in [0.15, 0.2) is 24.3 Å². The van der Waals surface area contributed by atoms with Crippen molar-refractivity contribution >= 4 is 0 Å². The van der Waals surface area contributed by atoms with Crippen LogP contribution >= 0.6 is 0 Å². The van der Waals surface area contributed by atoms with Crippen molar-refractivity contribution in [1.82, 2.24) is 0 Å². The number of fused-ring (bicyclic) bond motifs is 1. The number of hydrogen-bond donors (Lipinski definition) is 1. The summed E-state index contributed by atoms with van der Waals surface area (Å²) < 4.78 is 0. The van der Waals surface area contributed by atoms with Crippen LogP contribution < -0.4 is 5.73 Å². The second-order valence-corrected chi connectivity index (χ2v) is 7.19. The van der Waals surface area contributed by atoms with Gasteiger partial charge in [-0.15, -0.1) is 0 Å². The van der Waals surface area contributed by atoms with Crippen LogP contribution in [0.2, 0.25) is 0 Å². The summed E-state index contributed by atoms with van der Waals surface area (Å²) >= 11 is 0. The average molecular weight is 271 g/mol. The third-order valence-corrected chi connectivity index (χ3v) is 6.14. The molecule has 1 aromatic rings. The van der Waals surface area contributed by atoms with Gasteiger partial charge in [-0.3, -0.25) is 0 Å². The Morgan fingerprint density at radius 2 is 1.80 bits per heavy atom. The van der Waals surface area contributed by atoms with Crippen LogP contribution in [0, 0.1) is 11.8 Å². The van der Waals surface area contributed by atoms with Gasteiger partial charge in [-0.05, 0) is 54.6 Å².